The molecule has 2 aromatic heterocycles. The Morgan fingerprint density at radius 2 is 2.07 bits per heavy atom. The number of imidazole rings is 1. The first-order valence-electron chi connectivity index (χ1n) is 13.5. The Morgan fingerprint density at radius 3 is 2.76 bits per heavy atom. The van der Waals surface area contributed by atoms with Gasteiger partial charge in [0.05, 0.1) is 37.3 Å². The molecule has 230 valence electrons. The number of ether oxygens (including phenoxy) is 3. The van der Waals surface area contributed by atoms with Gasteiger partial charge in [-0.1, -0.05) is 37.6 Å². The summed E-state index contributed by atoms with van der Waals surface area (Å²) in [5.74, 6) is -0.251. The summed E-state index contributed by atoms with van der Waals surface area (Å²) in [5, 5.41) is 14.1. The summed E-state index contributed by atoms with van der Waals surface area (Å²) in [6.45, 7) is 8.93. The van der Waals surface area contributed by atoms with Crippen LogP contribution in [0.15, 0.2) is 30.6 Å². The zero-order valence-corrected chi connectivity index (χ0v) is 25.7. The number of carbonyl (C=O) groups is 1. The number of hydrogen-bond acceptors (Lipinski definition) is 12. The smallest absolute Gasteiger partial charge is 0.459 e. The lowest BCUT2D eigenvalue weighted by atomic mass is 10.0. The number of benzene rings is 1. The van der Waals surface area contributed by atoms with Crippen LogP contribution >= 0.6 is 19.3 Å². The Hall–Kier alpha value is -3.00. The molecule has 42 heavy (non-hydrogen) atoms. The van der Waals surface area contributed by atoms with Gasteiger partial charge in [0.1, 0.15) is 17.4 Å². The van der Waals surface area contributed by atoms with Gasteiger partial charge in [0.15, 0.2) is 17.4 Å². The summed E-state index contributed by atoms with van der Waals surface area (Å²) in [5.41, 5.74) is 5.12. The Bertz CT molecular complexity index is 1450. The van der Waals surface area contributed by atoms with Gasteiger partial charge < -0.3 is 29.6 Å². The molecule has 0 spiro atoms. The van der Waals surface area contributed by atoms with E-state index in [1.54, 1.807) is 32.0 Å². The third kappa shape index (κ3) is 7.49. The number of hydrogen-bond donors (Lipinski definition) is 3. The van der Waals surface area contributed by atoms with Gasteiger partial charge in [0.2, 0.25) is 11.8 Å². The van der Waals surface area contributed by atoms with Crippen LogP contribution in [0.1, 0.15) is 47.3 Å². The number of nitrogens with one attached hydrogen (secondary N) is 1. The van der Waals surface area contributed by atoms with Gasteiger partial charge in [-0.15, -0.1) is 0 Å². The zero-order chi connectivity index (χ0) is 30.7. The van der Waals surface area contributed by atoms with Crippen LogP contribution in [0.3, 0.4) is 0 Å². The number of rotatable bonds is 13. The maximum atomic E-state index is 13.9. The minimum absolute atomic E-state index is 0.0324. The normalized spacial score (nSPS) is 22.7. The average Bonchev–Trinajstić information content (AvgIpc) is 3.46. The number of anilines is 1. The summed E-state index contributed by atoms with van der Waals surface area (Å²) in [7, 11) is -4.23. The van der Waals surface area contributed by atoms with Crippen LogP contribution < -0.4 is 20.1 Å². The number of nitrogen functional groups attached to an aromatic ring is 1. The SMILES string of the molecule is CCOc1nc(N)nc2c1ncn2C1OC(COP(=O)(NC(C)C(=O)OCC(C)C)Oc2ccccc2Cl)CC1(C)O. The summed E-state index contributed by atoms with van der Waals surface area (Å²) >= 11 is 6.23. The van der Waals surface area contributed by atoms with Crippen molar-refractivity contribution in [1.82, 2.24) is 24.6 Å². The van der Waals surface area contributed by atoms with E-state index in [0.29, 0.717) is 17.8 Å². The fraction of sp³-hybridized carbons (Fsp3) is 0.538. The number of halogens is 1. The molecule has 3 heterocycles. The Kier molecular flexibility index (Phi) is 9.96. The highest BCUT2D eigenvalue weighted by Crippen LogP contribution is 2.48. The Balaban J connectivity index is 1.53. The average molecular weight is 627 g/mol. The van der Waals surface area contributed by atoms with Gasteiger partial charge in [0, 0.05) is 6.42 Å². The zero-order valence-electron chi connectivity index (χ0n) is 24.0. The van der Waals surface area contributed by atoms with Gasteiger partial charge >= 0.3 is 13.7 Å². The molecule has 0 aliphatic carbocycles. The molecule has 5 unspecified atom stereocenters. The van der Waals surface area contributed by atoms with E-state index in [1.165, 1.54) is 23.9 Å². The maximum absolute atomic E-state index is 13.9. The summed E-state index contributed by atoms with van der Waals surface area (Å²) in [4.78, 5) is 25.2. The van der Waals surface area contributed by atoms with Crippen LogP contribution in [0.5, 0.6) is 11.6 Å². The van der Waals surface area contributed by atoms with Gasteiger partial charge in [-0.25, -0.2) is 9.55 Å². The van der Waals surface area contributed by atoms with Crippen LogP contribution in [0.25, 0.3) is 11.2 Å². The molecule has 5 atom stereocenters. The molecular weight excluding hydrogens is 591 g/mol. The predicted octanol–water partition coefficient (Wildman–Crippen LogP) is 3.88. The van der Waals surface area contributed by atoms with Crippen molar-refractivity contribution >= 4 is 42.4 Å². The van der Waals surface area contributed by atoms with Gasteiger partial charge in [0.25, 0.3) is 0 Å². The maximum Gasteiger partial charge on any atom is 0.459 e. The largest absolute Gasteiger partial charge is 0.476 e. The summed E-state index contributed by atoms with van der Waals surface area (Å²) < 4.78 is 43.9. The molecule has 4 N–H and O–H groups in total. The number of nitrogens with two attached hydrogens (primary N) is 1. The van der Waals surface area contributed by atoms with E-state index < -0.39 is 37.7 Å². The molecule has 0 saturated carbocycles. The van der Waals surface area contributed by atoms with Crippen molar-refractivity contribution in [1.29, 1.82) is 0 Å². The molecule has 1 fully saturated rings. The molecule has 1 aromatic carbocycles. The molecule has 0 amide bonds. The number of aliphatic hydroxyl groups is 1. The molecule has 0 bridgehead atoms. The van der Waals surface area contributed by atoms with E-state index in [4.69, 9.17) is 40.6 Å². The number of fused-ring (bicyclic) bond motifs is 1. The van der Waals surface area contributed by atoms with E-state index in [0.717, 1.165) is 0 Å². The summed E-state index contributed by atoms with van der Waals surface area (Å²) in [6, 6.07) is 5.37. The van der Waals surface area contributed by atoms with E-state index >= 15 is 0 Å². The molecule has 14 nitrogen and oxygen atoms in total. The lowest BCUT2D eigenvalue weighted by molar-refractivity contribution is -0.146. The summed E-state index contributed by atoms with van der Waals surface area (Å²) in [6.07, 6.45) is -0.169. The topological polar surface area (TPSA) is 182 Å². The third-order valence-corrected chi connectivity index (χ3v) is 8.13. The van der Waals surface area contributed by atoms with E-state index in [1.807, 2.05) is 13.8 Å². The van der Waals surface area contributed by atoms with Gasteiger partial charge in [-0.05, 0) is 38.8 Å². The highest BCUT2D eigenvalue weighted by Gasteiger charge is 2.47. The highest BCUT2D eigenvalue weighted by atomic mass is 35.5. The van der Waals surface area contributed by atoms with Crippen LogP contribution in [0.4, 0.5) is 5.95 Å². The molecule has 1 aliphatic rings. The quantitative estimate of drug-likeness (QED) is 0.184. The van der Waals surface area contributed by atoms with Crippen molar-refractivity contribution in [2.24, 2.45) is 5.92 Å². The van der Waals surface area contributed by atoms with Crippen LogP contribution in [-0.4, -0.2) is 68.2 Å². The lowest BCUT2D eigenvalue weighted by Gasteiger charge is -2.25. The second-order valence-corrected chi connectivity index (χ2v) is 12.6. The minimum Gasteiger partial charge on any atom is -0.476 e. The first-order valence-corrected chi connectivity index (χ1v) is 15.4. The second kappa shape index (κ2) is 13.1. The van der Waals surface area contributed by atoms with Crippen molar-refractivity contribution in [2.45, 2.75) is 65.0 Å². The van der Waals surface area contributed by atoms with Gasteiger partial charge in [-0.2, -0.15) is 15.1 Å². The molecule has 4 rings (SSSR count). The van der Waals surface area contributed by atoms with E-state index in [9.17, 15) is 14.5 Å². The third-order valence-electron chi connectivity index (χ3n) is 6.18. The molecule has 3 aromatic rings. The Morgan fingerprint density at radius 1 is 1.33 bits per heavy atom. The first kappa shape index (κ1) is 31.9. The van der Waals surface area contributed by atoms with Crippen molar-refractivity contribution in [3.63, 3.8) is 0 Å². The fourth-order valence-electron chi connectivity index (χ4n) is 4.30. The van der Waals surface area contributed by atoms with Crippen molar-refractivity contribution in [3.05, 3.63) is 35.6 Å². The Labute approximate surface area is 248 Å². The number of aromatic nitrogens is 4. The predicted molar refractivity (Wildman–Crippen MR) is 154 cm³/mol. The van der Waals surface area contributed by atoms with Crippen LogP contribution in [0.2, 0.25) is 5.02 Å². The second-order valence-electron chi connectivity index (χ2n) is 10.5. The van der Waals surface area contributed by atoms with Gasteiger partial charge in [-0.3, -0.25) is 13.9 Å². The number of carbonyl (C=O) groups excluding carboxylic acids is 1. The van der Waals surface area contributed by atoms with E-state index in [2.05, 4.69) is 20.0 Å². The standard InChI is InChI=1S/C26H36ClN6O8P/c1-6-37-22-20-21(30-25(28)31-22)33(14-29-20)24-26(5,35)11-17(40-24)13-39-42(36,41-19-10-8-7-9-18(19)27)32-16(4)23(34)38-12-15(2)3/h7-10,14-17,24,35H,6,11-13H2,1-5H3,(H,32,36)(H2,28,30,31). The van der Waals surface area contributed by atoms with Crippen molar-refractivity contribution < 1.29 is 37.7 Å². The van der Waals surface area contributed by atoms with Crippen LogP contribution in [-0.2, 0) is 23.4 Å². The lowest BCUT2D eigenvalue weighted by Crippen LogP contribution is -2.36. The fourth-order valence-corrected chi connectivity index (χ4v) is 6.07. The number of nitrogens with zero attached hydrogens (tertiary/aromatic N) is 4. The van der Waals surface area contributed by atoms with Crippen molar-refractivity contribution in [3.8, 4) is 11.6 Å². The molecule has 0 radical (unpaired) electrons. The van der Waals surface area contributed by atoms with Crippen molar-refractivity contribution in [2.75, 3.05) is 25.6 Å². The monoisotopic (exact) mass is 626 g/mol. The number of para-hydroxylation sites is 1. The minimum atomic E-state index is -4.23. The molecule has 1 saturated heterocycles. The molecule has 16 heteroatoms. The molecular formula is C26H36ClN6O8P. The first-order chi connectivity index (χ1) is 19.8. The van der Waals surface area contributed by atoms with E-state index in [-0.39, 0.29) is 48.2 Å². The number of esters is 1. The molecule has 1 aliphatic heterocycles. The highest BCUT2D eigenvalue weighted by molar-refractivity contribution is 7.52. The van der Waals surface area contributed by atoms with Crippen LogP contribution in [0, 0.1) is 5.92 Å².